The molecule has 1 N–H and O–H groups in total. The van der Waals surface area contributed by atoms with Crippen LogP contribution in [0.4, 0.5) is 5.82 Å². The molecule has 0 aliphatic carbocycles. The molecule has 1 fully saturated rings. The highest BCUT2D eigenvalue weighted by Gasteiger charge is 2.20. The number of aryl methyl sites for hydroxylation is 1. The zero-order valence-corrected chi connectivity index (χ0v) is 9.94. The summed E-state index contributed by atoms with van der Waals surface area (Å²) >= 11 is 0. The van der Waals surface area contributed by atoms with E-state index in [1.165, 1.54) is 0 Å². The number of aromatic nitrogens is 2. The largest absolute Gasteiger partial charge is 0.381 e. The van der Waals surface area contributed by atoms with Gasteiger partial charge < -0.3 is 10.1 Å². The Bertz CT molecular complexity index is 337. The summed E-state index contributed by atoms with van der Waals surface area (Å²) in [6.45, 7) is 6.01. The molecule has 1 aromatic heterocycles. The van der Waals surface area contributed by atoms with Crippen LogP contribution in [0.3, 0.4) is 0 Å². The molecule has 88 valence electrons. The molecule has 0 aromatic carbocycles. The molecule has 1 aromatic rings. The Morgan fingerprint density at radius 3 is 2.88 bits per heavy atom. The Labute approximate surface area is 96.4 Å². The second-order valence-corrected chi connectivity index (χ2v) is 4.50. The molecule has 0 amide bonds. The third-order valence-corrected chi connectivity index (χ3v) is 3.14. The monoisotopic (exact) mass is 221 g/mol. The van der Waals surface area contributed by atoms with Crippen LogP contribution >= 0.6 is 0 Å². The van der Waals surface area contributed by atoms with Gasteiger partial charge in [0.2, 0.25) is 0 Å². The van der Waals surface area contributed by atoms with E-state index in [0.717, 1.165) is 37.4 Å². The normalized spacial score (nSPS) is 19.4. The molecule has 1 saturated heterocycles. The van der Waals surface area contributed by atoms with Crippen LogP contribution in [0.1, 0.15) is 25.3 Å². The molecular weight excluding hydrogens is 202 g/mol. The highest BCUT2D eigenvalue weighted by molar-refractivity contribution is 5.36. The minimum atomic E-state index is 0.431. The van der Waals surface area contributed by atoms with Gasteiger partial charge in [0.1, 0.15) is 5.82 Å². The van der Waals surface area contributed by atoms with E-state index in [9.17, 15) is 0 Å². The lowest BCUT2D eigenvalue weighted by atomic mass is 9.93. The van der Waals surface area contributed by atoms with Crippen LogP contribution in [0, 0.1) is 12.8 Å². The van der Waals surface area contributed by atoms with Crippen molar-refractivity contribution in [2.45, 2.75) is 32.7 Å². The average molecular weight is 221 g/mol. The molecule has 4 heteroatoms. The van der Waals surface area contributed by atoms with Crippen molar-refractivity contribution in [3.63, 3.8) is 0 Å². The fraction of sp³-hybridized carbons (Fsp3) is 0.667. The van der Waals surface area contributed by atoms with Crippen LogP contribution < -0.4 is 5.32 Å². The van der Waals surface area contributed by atoms with Crippen LogP contribution in [-0.2, 0) is 4.74 Å². The number of hydrogen-bond acceptors (Lipinski definition) is 4. The van der Waals surface area contributed by atoms with Gasteiger partial charge in [0.05, 0.1) is 6.20 Å². The summed E-state index contributed by atoms with van der Waals surface area (Å²) in [7, 11) is 0. The van der Waals surface area contributed by atoms with Gasteiger partial charge in [-0.25, -0.2) is 0 Å². The maximum absolute atomic E-state index is 5.36. The van der Waals surface area contributed by atoms with Gasteiger partial charge in [0, 0.05) is 19.3 Å². The lowest BCUT2D eigenvalue weighted by Gasteiger charge is -2.28. The maximum Gasteiger partial charge on any atom is 0.149 e. The van der Waals surface area contributed by atoms with Gasteiger partial charge in [-0.3, -0.25) is 0 Å². The molecule has 4 nitrogen and oxygen atoms in total. The molecular formula is C12H19N3O. The maximum atomic E-state index is 5.36. The number of hydrogen-bond donors (Lipinski definition) is 1. The molecule has 16 heavy (non-hydrogen) atoms. The minimum Gasteiger partial charge on any atom is -0.381 e. The van der Waals surface area contributed by atoms with E-state index in [4.69, 9.17) is 4.74 Å². The number of nitrogens with zero attached hydrogens (tertiary/aromatic N) is 2. The van der Waals surface area contributed by atoms with Gasteiger partial charge in [-0.1, -0.05) is 0 Å². The van der Waals surface area contributed by atoms with Crippen LogP contribution in [0.5, 0.6) is 0 Å². The van der Waals surface area contributed by atoms with E-state index in [-0.39, 0.29) is 0 Å². The first-order valence-corrected chi connectivity index (χ1v) is 5.89. The van der Waals surface area contributed by atoms with Gasteiger partial charge in [-0.15, -0.1) is 5.10 Å². The molecule has 0 spiro atoms. The Morgan fingerprint density at radius 1 is 1.44 bits per heavy atom. The van der Waals surface area contributed by atoms with E-state index in [0.29, 0.717) is 12.0 Å². The molecule has 1 unspecified atom stereocenters. The van der Waals surface area contributed by atoms with E-state index < -0.39 is 0 Å². The first-order valence-electron chi connectivity index (χ1n) is 5.89. The van der Waals surface area contributed by atoms with Crippen molar-refractivity contribution in [3.8, 4) is 0 Å². The SMILES string of the molecule is Cc1cnnc(NC(C)C2CCOCC2)c1. The summed E-state index contributed by atoms with van der Waals surface area (Å²) in [5.41, 5.74) is 1.14. The Balaban J connectivity index is 1.93. The zero-order chi connectivity index (χ0) is 11.4. The molecule has 0 saturated carbocycles. The average Bonchev–Trinajstić information content (AvgIpc) is 2.30. The van der Waals surface area contributed by atoms with Crippen LogP contribution in [-0.4, -0.2) is 29.5 Å². The molecule has 1 atom stereocenters. The lowest BCUT2D eigenvalue weighted by molar-refractivity contribution is 0.0622. The molecule has 1 aliphatic heterocycles. The topological polar surface area (TPSA) is 47.0 Å². The van der Waals surface area contributed by atoms with Crippen molar-refractivity contribution in [2.24, 2.45) is 5.92 Å². The summed E-state index contributed by atoms with van der Waals surface area (Å²) in [6, 6.07) is 2.46. The highest BCUT2D eigenvalue weighted by atomic mass is 16.5. The summed E-state index contributed by atoms with van der Waals surface area (Å²) < 4.78 is 5.36. The third-order valence-electron chi connectivity index (χ3n) is 3.14. The minimum absolute atomic E-state index is 0.431. The summed E-state index contributed by atoms with van der Waals surface area (Å²) in [6.07, 6.45) is 4.03. The van der Waals surface area contributed by atoms with Gasteiger partial charge >= 0.3 is 0 Å². The van der Waals surface area contributed by atoms with Gasteiger partial charge in [-0.05, 0) is 44.2 Å². The van der Waals surface area contributed by atoms with E-state index in [1.54, 1.807) is 6.20 Å². The first kappa shape index (κ1) is 11.3. The number of nitrogens with one attached hydrogen (secondary N) is 1. The van der Waals surface area contributed by atoms with Crippen molar-refractivity contribution in [1.82, 2.24) is 10.2 Å². The molecule has 1 aliphatic rings. The van der Waals surface area contributed by atoms with Crippen LogP contribution in [0.2, 0.25) is 0 Å². The quantitative estimate of drug-likeness (QED) is 0.848. The van der Waals surface area contributed by atoms with Gasteiger partial charge in [0.25, 0.3) is 0 Å². The van der Waals surface area contributed by atoms with E-state index in [1.807, 2.05) is 13.0 Å². The molecule has 2 rings (SSSR count). The van der Waals surface area contributed by atoms with Crippen molar-refractivity contribution in [3.05, 3.63) is 17.8 Å². The second-order valence-electron chi connectivity index (χ2n) is 4.50. The van der Waals surface area contributed by atoms with Crippen molar-refractivity contribution >= 4 is 5.82 Å². The second kappa shape index (κ2) is 5.25. The number of rotatable bonds is 3. The van der Waals surface area contributed by atoms with E-state index >= 15 is 0 Å². The van der Waals surface area contributed by atoms with Gasteiger partial charge in [-0.2, -0.15) is 5.10 Å². The predicted molar refractivity (Wildman–Crippen MR) is 63.4 cm³/mol. The van der Waals surface area contributed by atoms with E-state index in [2.05, 4.69) is 22.4 Å². The predicted octanol–water partition coefficient (Wildman–Crippen LogP) is 2.01. The summed E-state index contributed by atoms with van der Waals surface area (Å²) in [5, 5.41) is 11.5. The first-order chi connectivity index (χ1) is 7.75. The molecule has 2 heterocycles. The standard InChI is InChI=1S/C12H19N3O/c1-9-7-12(15-13-8-9)14-10(2)11-3-5-16-6-4-11/h7-8,10-11H,3-6H2,1-2H3,(H,14,15). The fourth-order valence-corrected chi connectivity index (χ4v) is 2.10. The summed E-state index contributed by atoms with van der Waals surface area (Å²) in [5.74, 6) is 1.55. The smallest absolute Gasteiger partial charge is 0.149 e. The van der Waals surface area contributed by atoms with Crippen molar-refractivity contribution in [1.29, 1.82) is 0 Å². The Hall–Kier alpha value is -1.16. The molecule has 0 radical (unpaired) electrons. The van der Waals surface area contributed by atoms with Crippen molar-refractivity contribution < 1.29 is 4.74 Å². The molecule has 0 bridgehead atoms. The lowest BCUT2D eigenvalue weighted by Crippen LogP contribution is -2.31. The third kappa shape index (κ3) is 2.92. The van der Waals surface area contributed by atoms with Crippen molar-refractivity contribution in [2.75, 3.05) is 18.5 Å². The van der Waals surface area contributed by atoms with Gasteiger partial charge in [0.15, 0.2) is 0 Å². The number of ether oxygens (including phenoxy) is 1. The Kier molecular flexibility index (Phi) is 3.72. The fourth-order valence-electron chi connectivity index (χ4n) is 2.10. The highest BCUT2D eigenvalue weighted by Crippen LogP contribution is 2.21. The number of anilines is 1. The summed E-state index contributed by atoms with van der Waals surface area (Å²) in [4.78, 5) is 0. The zero-order valence-electron chi connectivity index (χ0n) is 9.94. The van der Waals surface area contributed by atoms with Crippen LogP contribution in [0.15, 0.2) is 12.3 Å². The Morgan fingerprint density at radius 2 is 2.19 bits per heavy atom. The van der Waals surface area contributed by atoms with Crippen LogP contribution in [0.25, 0.3) is 0 Å².